The molecule has 0 aliphatic carbocycles. The van der Waals surface area contributed by atoms with Crippen LogP contribution >= 0.6 is 0 Å². The molecule has 1 fully saturated rings. The molecule has 2 amide bonds. The molecule has 8 heteroatoms. The Bertz CT molecular complexity index is 899. The van der Waals surface area contributed by atoms with Gasteiger partial charge in [0, 0.05) is 19.5 Å². The summed E-state index contributed by atoms with van der Waals surface area (Å²) in [5, 5.41) is 2.79. The Labute approximate surface area is 166 Å². The zero-order valence-electron chi connectivity index (χ0n) is 15.8. The van der Waals surface area contributed by atoms with Gasteiger partial charge in [0.1, 0.15) is 5.75 Å². The molecule has 3 rings (SSSR count). The minimum absolute atomic E-state index is 0.0386. The fourth-order valence-electron chi connectivity index (χ4n) is 3.41. The van der Waals surface area contributed by atoms with E-state index in [0.717, 1.165) is 11.6 Å². The maximum Gasteiger partial charge on any atom is 0.416 e. The SMILES string of the molecule is COc1cccc(CC(=O)NC2CC(=O)N(Cc3ccccc3C(F)(F)F)C2)c1. The number of methoxy groups -OCH3 is 1. The lowest BCUT2D eigenvalue weighted by Gasteiger charge is -2.20. The van der Waals surface area contributed by atoms with Crippen molar-refractivity contribution < 1.29 is 27.5 Å². The van der Waals surface area contributed by atoms with Gasteiger partial charge < -0.3 is 15.0 Å². The van der Waals surface area contributed by atoms with Crippen molar-refractivity contribution in [3.8, 4) is 5.75 Å². The van der Waals surface area contributed by atoms with Gasteiger partial charge in [-0.25, -0.2) is 0 Å². The fourth-order valence-corrected chi connectivity index (χ4v) is 3.41. The van der Waals surface area contributed by atoms with Crippen LogP contribution in [0.5, 0.6) is 5.75 Å². The predicted molar refractivity (Wildman–Crippen MR) is 100 cm³/mol. The number of ether oxygens (including phenoxy) is 1. The van der Waals surface area contributed by atoms with Crippen molar-refractivity contribution in [3.05, 3.63) is 65.2 Å². The van der Waals surface area contributed by atoms with Crippen molar-refractivity contribution in [1.29, 1.82) is 0 Å². The monoisotopic (exact) mass is 406 g/mol. The van der Waals surface area contributed by atoms with E-state index in [0.29, 0.717) is 5.75 Å². The lowest BCUT2D eigenvalue weighted by Crippen LogP contribution is -2.38. The molecule has 5 nitrogen and oxygen atoms in total. The Morgan fingerprint density at radius 2 is 1.97 bits per heavy atom. The zero-order valence-corrected chi connectivity index (χ0v) is 15.8. The molecule has 1 N–H and O–H groups in total. The third-order valence-corrected chi connectivity index (χ3v) is 4.76. The summed E-state index contributed by atoms with van der Waals surface area (Å²) < 4.78 is 44.6. The number of halogens is 3. The minimum Gasteiger partial charge on any atom is -0.497 e. The molecule has 2 aromatic rings. The van der Waals surface area contributed by atoms with Crippen molar-refractivity contribution in [3.63, 3.8) is 0 Å². The number of hydrogen-bond donors (Lipinski definition) is 1. The van der Waals surface area contributed by atoms with E-state index in [9.17, 15) is 22.8 Å². The van der Waals surface area contributed by atoms with Gasteiger partial charge in [0.05, 0.1) is 25.1 Å². The van der Waals surface area contributed by atoms with Gasteiger partial charge in [-0.05, 0) is 29.3 Å². The first kappa shape index (κ1) is 20.7. The smallest absolute Gasteiger partial charge is 0.416 e. The molecule has 29 heavy (non-hydrogen) atoms. The Kier molecular flexibility index (Phi) is 6.10. The highest BCUT2D eigenvalue weighted by molar-refractivity contribution is 5.83. The average Bonchev–Trinajstić information content (AvgIpc) is 3.00. The number of likely N-dealkylation sites (tertiary alicyclic amines) is 1. The maximum absolute atomic E-state index is 13.2. The largest absolute Gasteiger partial charge is 0.497 e. The number of alkyl halides is 3. The Morgan fingerprint density at radius 1 is 1.21 bits per heavy atom. The molecule has 0 aromatic heterocycles. The highest BCUT2D eigenvalue weighted by atomic mass is 19.4. The summed E-state index contributed by atoms with van der Waals surface area (Å²) in [6, 6.07) is 11.9. The van der Waals surface area contributed by atoms with Crippen LogP contribution in [-0.2, 0) is 28.7 Å². The van der Waals surface area contributed by atoms with E-state index in [1.165, 1.54) is 30.2 Å². The van der Waals surface area contributed by atoms with Crippen molar-refractivity contribution in [2.24, 2.45) is 0 Å². The van der Waals surface area contributed by atoms with E-state index in [-0.39, 0.29) is 43.3 Å². The first-order chi connectivity index (χ1) is 13.8. The average molecular weight is 406 g/mol. The van der Waals surface area contributed by atoms with Crippen molar-refractivity contribution in [1.82, 2.24) is 10.2 Å². The second kappa shape index (κ2) is 8.55. The predicted octanol–water partition coefficient (Wildman–Crippen LogP) is 3.17. The highest BCUT2D eigenvalue weighted by Gasteiger charge is 2.35. The second-order valence-electron chi connectivity index (χ2n) is 6.93. The van der Waals surface area contributed by atoms with Crippen LogP contribution in [0.15, 0.2) is 48.5 Å². The quantitative estimate of drug-likeness (QED) is 0.802. The van der Waals surface area contributed by atoms with Crippen LogP contribution in [0.4, 0.5) is 13.2 Å². The van der Waals surface area contributed by atoms with Crippen LogP contribution in [0.25, 0.3) is 0 Å². The van der Waals surface area contributed by atoms with E-state index in [4.69, 9.17) is 4.74 Å². The Morgan fingerprint density at radius 3 is 2.69 bits per heavy atom. The molecular weight excluding hydrogens is 385 g/mol. The topological polar surface area (TPSA) is 58.6 Å². The Balaban J connectivity index is 1.60. The first-order valence-electron chi connectivity index (χ1n) is 9.11. The summed E-state index contributed by atoms with van der Waals surface area (Å²) >= 11 is 0. The summed E-state index contributed by atoms with van der Waals surface area (Å²) in [6.45, 7) is 0.0334. The number of rotatable bonds is 6. The van der Waals surface area contributed by atoms with Crippen LogP contribution in [-0.4, -0.2) is 36.4 Å². The molecule has 154 valence electrons. The fraction of sp³-hybridized carbons (Fsp3) is 0.333. The number of nitrogens with one attached hydrogen (secondary N) is 1. The highest BCUT2D eigenvalue weighted by Crippen LogP contribution is 2.32. The number of nitrogens with zero attached hydrogens (tertiary/aromatic N) is 1. The number of amides is 2. The van der Waals surface area contributed by atoms with Crippen LogP contribution in [0, 0.1) is 0 Å². The molecule has 0 bridgehead atoms. The van der Waals surface area contributed by atoms with Gasteiger partial charge in [-0.1, -0.05) is 30.3 Å². The van der Waals surface area contributed by atoms with Crippen LogP contribution in [0.2, 0.25) is 0 Å². The van der Waals surface area contributed by atoms with Gasteiger partial charge in [-0.3, -0.25) is 9.59 Å². The molecular formula is C21H21F3N2O3. The summed E-state index contributed by atoms with van der Waals surface area (Å²) in [5.74, 6) is 0.100. The van der Waals surface area contributed by atoms with E-state index < -0.39 is 17.8 Å². The van der Waals surface area contributed by atoms with E-state index >= 15 is 0 Å². The van der Waals surface area contributed by atoms with Crippen LogP contribution in [0.3, 0.4) is 0 Å². The van der Waals surface area contributed by atoms with Crippen molar-refractivity contribution in [2.75, 3.05) is 13.7 Å². The molecule has 0 saturated carbocycles. The van der Waals surface area contributed by atoms with E-state index in [2.05, 4.69) is 5.32 Å². The lowest BCUT2D eigenvalue weighted by atomic mass is 10.1. The Hall–Kier alpha value is -3.03. The van der Waals surface area contributed by atoms with Gasteiger partial charge in [0.2, 0.25) is 11.8 Å². The molecule has 1 heterocycles. The van der Waals surface area contributed by atoms with E-state index in [1.807, 2.05) is 0 Å². The number of hydrogen-bond acceptors (Lipinski definition) is 3. The van der Waals surface area contributed by atoms with Crippen LogP contribution in [0.1, 0.15) is 23.1 Å². The van der Waals surface area contributed by atoms with Crippen LogP contribution < -0.4 is 10.1 Å². The van der Waals surface area contributed by atoms with Gasteiger partial charge in [0.15, 0.2) is 0 Å². The summed E-state index contributed by atoms with van der Waals surface area (Å²) in [4.78, 5) is 25.9. The maximum atomic E-state index is 13.2. The molecule has 0 radical (unpaired) electrons. The molecule has 1 aliphatic heterocycles. The molecule has 1 atom stereocenters. The number of benzene rings is 2. The molecule has 0 spiro atoms. The lowest BCUT2D eigenvalue weighted by molar-refractivity contribution is -0.139. The summed E-state index contributed by atoms with van der Waals surface area (Å²) in [6.07, 6.45) is -4.29. The van der Waals surface area contributed by atoms with Gasteiger partial charge in [-0.2, -0.15) is 13.2 Å². The molecule has 1 aliphatic rings. The molecule has 1 unspecified atom stereocenters. The van der Waals surface area contributed by atoms with Gasteiger partial charge in [0.25, 0.3) is 0 Å². The molecule has 2 aromatic carbocycles. The van der Waals surface area contributed by atoms with Gasteiger partial charge in [-0.15, -0.1) is 0 Å². The number of carbonyl (C=O) groups is 2. The number of carbonyl (C=O) groups excluding carboxylic acids is 2. The zero-order chi connectivity index (χ0) is 21.0. The normalized spacial score (nSPS) is 16.8. The first-order valence-corrected chi connectivity index (χ1v) is 9.11. The standard InChI is InChI=1S/C21H21F3N2O3/c1-29-17-7-4-5-14(9-17)10-19(27)25-16-11-20(28)26(13-16)12-15-6-2-3-8-18(15)21(22,23)24/h2-9,16H,10-13H2,1H3,(H,25,27). The third kappa shape index (κ3) is 5.28. The third-order valence-electron chi connectivity index (χ3n) is 4.76. The summed E-state index contributed by atoms with van der Waals surface area (Å²) in [7, 11) is 1.54. The molecule has 1 saturated heterocycles. The van der Waals surface area contributed by atoms with Gasteiger partial charge >= 0.3 is 6.18 Å². The van der Waals surface area contributed by atoms with E-state index in [1.54, 1.807) is 24.3 Å². The van der Waals surface area contributed by atoms with Crippen molar-refractivity contribution >= 4 is 11.8 Å². The summed E-state index contributed by atoms with van der Waals surface area (Å²) in [5.41, 5.74) is 0.0529. The van der Waals surface area contributed by atoms with Crippen molar-refractivity contribution in [2.45, 2.75) is 31.6 Å². The second-order valence-corrected chi connectivity index (χ2v) is 6.93. The minimum atomic E-state index is -4.48.